The zero-order valence-electron chi connectivity index (χ0n) is 14.2. The van der Waals surface area contributed by atoms with Gasteiger partial charge in [-0.3, -0.25) is 4.79 Å². The first kappa shape index (κ1) is 22.7. The summed E-state index contributed by atoms with van der Waals surface area (Å²) < 4.78 is 106. The number of rotatable bonds is 3. The number of Topliss-reactive ketones (excluding diaryl/α,β-unsaturated/α-hetero) is 1. The van der Waals surface area contributed by atoms with Crippen molar-refractivity contribution in [3.05, 3.63) is 63.1 Å². The van der Waals surface area contributed by atoms with E-state index in [2.05, 4.69) is 4.18 Å². The van der Waals surface area contributed by atoms with E-state index in [0.717, 1.165) is 24.3 Å². The highest BCUT2D eigenvalue weighted by Crippen LogP contribution is 2.51. The predicted molar refractivity (Wildman–Crippen MR) is 94.3 cm³/mol. The molecule has 0 amide bonds. The smallest absolute Gasteiger partial charge is 0.376 e. The van der Waals surface area contributed by atoms with Crippen LogP contribution in [0, 0.1) is 0 Å². The van der Waals surface area contributed by atoms with Gasteiger partial charge in [-0.2, -0.15) is 34.8 Å². The van der Waals surface area contributed by atoms with E-state index in [4.69, 9.17) is 23.2 Å². The third-order valence-electron chi connectivity index (χ3n) is 4.49. The van der Waals surface area contributed by atoms with Crippen LogP contribution in [-0.2, 0) is 22.0 Å². The third kappa shape index (κ3) is 3.63. The summed E-state index contributed by atoms with van der Waals surface area (Å²) in [6.45, 7) is 0. The van der Waals surface area contributed by atoms with E-state index in [1.165, 1.54) is 0 Å². The van der Waals surface area contributed by atoms with Crippen LogP contribution in [0.15, 0.2) is 36.4 Å². The number of hydrogen-bond acceptors (Lipinski definition) is 4. The van der Waals surface area contributed by atoms with Crippen LogP contribution in [0.4, 0.5) is 26.3 Å². The zero-order valence-corrected chi connectivity index (χ0v) is 16.6. The molecule has 2 aromatic carbocycles. The number of benzene rings is 2. The highest BCUT2D eigenvalue weighted by Gasteiger charge is 2.64. The topological polar surface area (TPSA) is 60.4 Å². The van der Waals surface area contributed by atoms with E-state index in [1.807, 2.05) is 0 Å². The van der Waals surface area contributed by atoms with Crippen molar-refractivity contribution in [2.45, 2.75) is 23.5 Å². The molecule has 0 saturated heterocycles. The molecular formula is C17H8Cl2F6O4S. The lowest BCUT2D eigenvalue weighted by molar-refractivity contribution is -0.173. The van der Waals surface area contributed by atoms with Gasteiger partial charge in [0.15, 0.2) is 11.2 Å². The fraction of sp³-hybridized carbons (Fsp3) is 0.235. The van der Waals surface area contributed by atoms with Crippen LogP contribution < -0.4 is 4.18 Å². The minimum atomic E-state index is -6.04. The molecule has 4 nitrogen and oxygen atoms in total. The van der Waals surface area contributed by atoms with Gasteiger partial charge >= 0.3 is 21.8 Å². The van der Waals surface area contributed by atoms with Gasteiger partial charge in [-0.05, 0) is 53.9 Å². The van der Waals surface area contributed by atoms with Gasteiger partial charge in [0.05, 0.1) is 0 Å². The van der Waals surface area contributed by atoms with Gasteiger partial charge in [0.25, 0.3) is 0 Å². The van der Waals surface area contributed by atoms with Gasteiger partial charge in [0, 0.05) is 15.6 Å². The molecule has 0 saturated carbocycles. The Hall–Kier alpha value is -1.98. The monoisotopic (exact) mass is 492 g/mol. The largest absolute Gasteiger partial charge is 0.534 e. The zero-order chi connectivity index (χ0) is 22.7. The number of ketones is 1. The molecule has 13 heteroatoms. The van der Waals surface area contributed by atoms with Gasteiger partial charge < -0.3 is 4.18 Å². The van der Waals surface area contributed by atoms with E-state index in [1.54, 1.807) is 0 Å². The minimum absolute atomic E-state index is 0.162. The lowest BCUT2D eigenvalue weighted by atomic mass is 9.76. The molecule has 3 rings (SSSR count). The molecular weight excluding hydrogens is 485 g/mol. The van der Waals surface area contributed by atoms with E-state index < -0.39 is 56.3 Å². The second-order valence-electron chi connectivity index (χ2n) is 6.37. The maximum atomic E-state index is 14.1. The van der Waals surface area contributed by atoms with Crippen LogP contribution in [0.1, 0.15) is 21.5 Å². The van der Waals surface area contributed by atoms with E-state index in [9.17, 15) is 39.6 Å². The highest BCUT2D eigenvalue weighted by atomic mass is 35.5. The number of carbonyl (C=O) groups is 1. The normalized spacial score (nSPS) is 19.7. The van der Waals surface area contributed by atoms with Gasteiger partial charge in [0.1, 0.15) is 5.75 Å². The van der Waals surface area contributed by atoms with E-state index in [-0.39, 0.29) is 15.6 Å². The highest BCUT2D eigenvalue weighted by molar-refractivity contribution is 7.88. The van der Waals surface area contributed by atoms with Crippen molar-refractivity contribution in [1.82, 2.24) is 0 Å². The molecule has 2 aromatic rings. The lowest BCUT2D eigenvalue weighted by Gasteiger charge is -2.30. The molecule has 0 bridgehead atoms. The van der Waals surface area contributed by atoms with Gasteiger partial charge in [-0.1, -0.05) is 23.2 Å². The molecule has 162 valence electrons. The van der Waals surface area contributed by atoms with Crippen molar-refractivity contribution in [1.29, 1.82) is 0 Å². The first-order valence-corrected chi connectivity index (χ1v) is 9.97. The average Bonchev–Trinajstić information content (AvgIpc) is 2.85. The summed E-state index contributed by atoms with van der Waals surface area (Å²) in [6.07, 6.45) is -6.14. The Morgan fingerprint density at radius 3 is 2.00 bits per heavy atom. The first-order chi connectivity index (χ1) is 13.6. The Morgan fingerprint density at radius 2 is 1.50 bits per heavy atom. The molecule has 0 fully saturated rings. The molecule has 0 heterocycles. The maximum absolute atomic E-state index is 14.1. The molecule has 0 aromatic heterocycles. The predicted octanol–water partition coefficient (Wildman–Crippen LogP) is 5.46. The molecule has 1 atom stereocenters. The number of hydrogen-bond donors (Lipinski definition) is 0. The van der Waals surface area contributed by atoms with Crippen molar-refractivity contribution in [3.63, 3.8) is 0 Å². The maximum Gasteiger partial charge on any atom is 0.534 e. The Morgan fingerprint density at radius 1 is 0.933 bits per heavy atom. The summed E-state index contributed by atoms with van der Waals surface area (Å²) in [7, 11) is -6.04. The fourth-order valence-electron chi connectivity index (χ4n) is 3.19. The van der Waals surface area contributed by atoms with Crippen LogP contribution in [-0.4, -0.2) is 25.9 Å². The number of alkyl halides is 6. The third-order valence-corrected chi connectivity index (χ3v) is 5.91. The second-order valence-corrected chi connectivity index (χ2v) is 8.78. The Kier molecular flexibility index (Phi) is 5.32. The molecule has 0 N–H and O–H groups in total. The fourth-order valence-corrected chi connectivity index (χ4v) is 4.16. The summed E-state index contributed by atoms with van der Waals surface area (Å²) in [4.78, 5) is 12.8. The van der Waals surface area contributed by atoms with Crippen molar-refractivity contribution >= 4 is 39.1 Å². The summed E-state index contributed by atoms with van der Waals surface area (Å²) in [5.74, 6) is -2.27. The summed E-state index contributed by atoms with van der Waals surface area (Å²) in [5.41, 5.74) is -10.2. The molecule has 0 radical (unpaired) electrons. The summed E-state index contributed by atoms with van der Waals surface area (Å²) in [6, 6.07) is 5.08. The van der Waals surface area contributed by atoms with Crippen LogP contribution >= 0.6 is 23.2 Å². The number of fused-ring (bicyclic) bond motifs is 1. The SMILES string of the molecule is O=C1c2ccc(OS(=O)(=O)C(F)(F)F)cc2CC1(c1cc(Cl)cc(Cl)c1)C(F)(F)F. The number of halogens is 8. The quantitative estimate of drug-likeness (QED) is 0.324. The van der Waals surface area contributed by atoms with Crippen LogP contribution in [0.2, 0.25) is 10.0 Å². The molecule has 0 aliphatic heterocycles. The van der Waals surface area contributed by atoms with E-state index >= 15 is 0 Å². The molecule has 1 aliphatic carbocycles. The first-order valence-electron chi connectivity index (χ1n) is 7.80. The Bertz CT molecular complexity index is 1120. The molecule has 1 unspecified atom stereocenters. The van der Waals surface area contributed by atoms with Crippen molar-refractivity contribution in [3.8, 4) is 5.75 Å². The van der Waals surface area contributed by atoms with Crippen LogP contribution in [0.25, 0.3) is 0 Å². The summed E-state index contributed by atoms with van der Waals surface area (Å²) >= 11 is 11.6. The Labute approximate surface area is 175 Å². The Balaban J connectivity index is 2.12. The lowest BCUT2D eigenvalue weighted by Crippen LogP contribution is -2.47. The summed E-state index contributed by atoms with van der Waals surface area (Å²) in [5, 5.41) is -0.324. The second kappa shape index (κ2) is 7.03. The van der Waals surface area contributed by atoms with Crippen molar-refractivity contribution in [2.24, 2.45) is 0 Å². The van der Waals surface area contributed by atoms with Gasteiger partial charge in [-0.25, -0.2) is 0 Å². The van der Waals surface area contributed by atoms with E-state index in [0.29, 0.717) is 12.1 Å². The molecule has 30 heavy (non-hydrogen) atoms. The average molecular weight is 493 g/mol. The van der Waals surface area contributed by atoms with Crippen LogP contribution in [0.5, 0.6) is 5.75 Å². The molecule has 0 spiro atoms. The number of carbonyl (C=O) groups excluding carboxylic acids is 1. The van der Waals surface area contributed by atoms with Crippen molar-refractivity contribution < 1.29 is 43.7 Å². The van der Waals surface area contributed by atoms with Gasteiger partial charge in [-0.15, -0.1) is 0 Å². The van der Waals surface area contributed by atoms with Gasteiger partial charge in [0.2, 0.25) is 0 Å². The molecule has 1 aliphatic rings. The van der Waals surface area contributed by atoms with Crippen molar-refractivity contribution in [2.75, 3.05) is 0 Å². The minimum Gasteiger partial charge on any atom is -0.376 e. The standard InChI is InChI=1S/C17H8Cl2F6O4S/c18-10-4-9(5-11(19)6-10)15(16(20,21)22)7-8-3-12(1-2-13(8)14(15)26)29-30(27,28)17(23,24)25/h1-6H,7H2. The van der Waals surface area contributed by atoms with Crippen LogP contribution in [0.3, 0.4) is 0 Å².